The van der Waals surface area contributed by atoms with Crippen LogP contribution in [-0.2, 0) is 0 Å². The Balaban J connectivity index is 2.58. The first-order valence-electron chi connectivity index (χ1n) is 6.27. The molecule has 0 amide bonds. The maximum absolute atomic E-state index is 11.4. The summed E-state index contributed by atoms with van der Waals surface area (Å²) in [7, 11) is 0. The Hall–Kier alpha value is -1.20. The second kappa shape index (κ2) is 8.07. The van der Waals surface area contributed by atoms with E-state index in [1.54, 1.807) is 23.9 Å². The van der Waals surface area contributed by atoms with Gasteiger partial charge in [-0.1, -0.05) is 13.0 Å². The molecule has 106 valence electrons. The zero-order chi connectivity index (χ0) is 14.3. The van der Waals surface area contributed by atoms with Gasteiger partial charge in [0, 0.05) is 5.75 Å². The van der Waals surface area contributed by atoms with Gasteiger partial charge in [-0.2, -0.15) is 11.8 Å². The van der Waals surface area contributed by atoms with Crippen molar-refractivity contribution in [1.82, 2.24) is 0 Å². The second-order valence-corrected chi connectivity index (χ2v) is 5.40. The molecule has 4 nitrogen and oxygen atoms in total. The molecule has 1 atom stereocenters. The number of ketones is 1. The van der Waals surface area contributed by atoms with Crippen molar-refractivity contribution in [1.29, 1.82) is 0 Å². The van der Waals surface area contributed by atoms with E-state index < -0.39 is 6.10 Å². The Morgan fingerprint density at radius 3 is 2.84 bits per heavy atom. The number of carbonyl (C=O) groups excluding carboxylic acids is 1. The molecule has 0 fully saturated rings. The van der Waals surface area contributed by atoms with Crippen LogP contribution in [0.1, 0.15) is 30.6 Å². The molecule has 0 saturated carbocycles. The summed E-state index contributed by atoms with van der Waals surface area (Å²) in [6, 6.07) is 4.66. The number of phenols is 1. The van der Waals surface area contributed by atoms with Gasteiger partial charge in [0.2, 0.25) is 0 Å². The van der Waals surface area contributed by atoms with Crippen LogP contribution < -0.4 is 4.74 Å². The van der Waals surface area contributed by atoms with Gasteiger partial charge in [0.15, 0.2) is 5.78 Å². The van der Waals surface area contributed by atoms with Gasteiger partial charge in [-0.15, -0.1) is 0 Å². The monoisotopic (exact) mass is 284 g/mol. The van der Waals surface area contributed by atoms with Crippen LogP contribution in [0.5, 0.6) is 11.5 Å². The van der Waals surface area contributed by atoms with Gasteiger partial charge in [0.05, 0.1) is 6.10 Å². The van der Waals surface area contributed by atoms with Gasteiger partial charge in [0.1, 0.15) is 23.7 Å². The van der Waals surface area contributed by atoms with E-state index in [2.05, 4.69) is 6.92 Å². The molecule has 0 saturated heterocycles. The number of thioether (sulfide) groups is 1. The molecule has 0 aliphatic rings. The summed E-state index contributed by atoms with van der Waals surface area (Å²) < 4.78 is 5.43. The standard InChI is InChI=1S/C14H20O4S/c1-3-7-19-9-11(16)8-18-13-6-4-5-12(17)14(13)10(2)15/h4-6,11,16-17H,3,7-9H2,1-2H3. The van der Waals surface area contributed by atoms with Crippen LogP contribution in [0.4, 0.5) is 0 Å². The van der Waals surface area contributed by atoms with E-state index in [0.717, 1.165) is 12.2 Å². The molecule has 1 aromatic carbocycles. The van der Waals surface area contributed by atoms with Crippen LogP contribution in [0.3, 0.4) is 0 Å². The van der Waals surface area contributed by atoms with Gasteiger partial charge >= 0.3 is 0 Å². The fourth-order valence-electron chi connectivity index (χ4n) is 1.59. The number of aromatic hydroxyl groups is 1. The van der Waals surface area contributed by atoms with Gasteiger partial charge in [0.25, 0.3) is 0 Å². The Labute approximate surface area is 117 Å². The van der Waals surface area contributed by atoms with Crippen molar-refractivity contribution in [2.75, 3.05) is 18.1 Å². The number of aliphatic hydroxyl groups excluding tert-OH is 1. The number of rotatable bonds is 8. The number of benzene rings is 1. The number of aliphatic hydroxyl groups is 1. The quantitative estimate of drug-likeness (QED) is 0.567. The molecule has 1 rings (SSSR count). The zero-order valence-electron chi connectivity index (χ0n) is 11.3. The Morgan fingerprint density at radius 2 is 2.21 bits per heavy atom. The van der Waals surface area contributed by atoms with Crippen LogP contribution in [0.15, 0.2) is 18.2 Å². The highest BCUT2D eigenvalue weighted by atomic mass is 32.2. The first-order valence-corrected chi connectivity index (χ1v) is 7.43. The van der Waals surface area contributed by atoms with Crippen molar-refractivity contribution in [3.05, 3.63) is 23.8 Å². The molecule has 19 heavy (non-hydrogen) atoms. The molecule has 0 bridgehead atoms. The molecular formula is C14H20O4S. The fraction of sp³-hybridized carbons (Fsp3) is 0.500. The molecule has 5 heteroatoms. The van der Waals surface area contributed by atoms with Crippen LogP contribution in [0.2, 0.25) is 0 Å². The molecular weight excluding hydrogens is 264 g/mol. The SMILES string of the molecule is CCCSCC(O)COc1cccc(O)c1C(C)=O. The molecule has 0 radical (unpaired) electrons. The summed E-state index contributed by atoms with van der Waals surface area (Å²) in [6.07, 6.45) is 0.484. The molecule has 0 aliphatic heterocycles. The summed E-state index contributed by atoms with van der Waals surface area (Å²) in [5.74, 6) is 1.55. The third-order valence-corrected chi connectivity index (χ3v) is 3.76. The number of ether oxygens (including phenoxy) is 1. The fourth-order valence-corrected chi connectivity index (χ4v) is 2.42. The van der Waals surface area contributed by atoms with Crippen LogP contribution >= 0.6 is 11.8 Å². The van der Waals surface area contributed by atoms with E-state index in [1.165, 1.54) is 13.0 Å². The molecule has 2 N–H and O–H groups in total. The first-order chi connectivity index (χ1) is 9.06. The highest BCUT2D eigenvalue weighted by Crippen LogP contribution is 2.28. The number of hydrogen-bond donors (Lipinski definition) is 2. The Kier molecular flexibility index (Phi) is 6.73. The molecule has 1 aromatic rings. The van der Waals surface area contributed by atoms with E-state index in [4.69, 9.17) is 4.74 Å². The average molecular weight is 284 g/mol. The van der Waals surface area contributed by atoms with Crippen molar-refractivity contribution < 1.29 is 19.7 Å². The average Bonchev–Trinajstić information content (AvgIpc) is 2.36. The molecule has 0 aliphatic carbocycles. The lowest BCUT2D eigenvalue weighted by molar-refractivity contribution is 0.0994. The summed E-state index contributed by atoms with van der Waals surface area (Å²) in [5.41, 5.74) is 0.163. The van der Waals surface area contributed by atoms with Crippen molar-refractivity contribution in [3.8, 4) is 11.5 Å². The Morgan fingerprint density at radius 1 is 1.47 bits per heavy atom. The third-order valence-electron chi connectivity index (χ3n) is 2.45. The van der Waals surface area contributed by atoms with Crippen molar-refractivity contribution in [2.24, 2.45) is 0 Å². The van der Waals surface area contributed by atoms with Crippen molar-refractivity contribution in [2.45, 2.75) is 26.4 Å². The first kappa shape index (κ1) is 15.9. The van der Waals surface area contributed by atoms with Gasteiger partial charge in [-0.05, 0) is 31.2 Å². The highest BCUT2D eigenvalue weighted by Gasteiger charge is 2.14. The lowest BCUT2D eigenvalue weighted by Gasteiger charge is -2.14. The predicted octanol–water partition coefficient (Wildman–Crippen LogP) is 2.48. The number of phenolic OH excluding ortho intramolecular Hbond substituents is 1. The Bertz CT molecular complexity index is 420. The minimum absolute atomic E-state index is 0.0974. The number of Topliss-reactive ketones (excluding diaryl/α,β-unsaturated/α-hetero) is 1. The second-order valence-electron chi connectivity index (χ2n) is 4.25. The molecule has 0 spiro atoms. The van der Waals surface area contributed by atoms with Crippen LogP contribution in [0, 0.1) is 0 Å². The molecule has 0 aromatic heterocycles. The molecule has 1 unspecified atom stereocenters. The maximum atomic E-state index is 11.4. The largest absolute Gasteiger partial charge is 0.507 e. The smallest absolute Gasteiger partial charge is 0.167 e. The summed E-state index contributed by atoms with van der Waals surface area (Å²) in [6.45, 7) is 3.57. The molecule has 0 heterocycles. The highest BCUT2D eigenvalue weighted by molar-refractivity contribution is 7.99. The van der Waals surface area contributed by atoms with Crippen molar-refractivity contribution >= 4 is 17.5 Å². The van der Waals surface area contributed by atoms with Gasteiger partial charge in [-0.3, -0.25) is 4.79 Å². The minimum Gasteiger partial charge on any atom is -0.507 e. The summed E-state index contributed by atoms with van der Waals surface area (Å²) >= 11 is 1.66. The van der Waals surface area contributed by atoms with E-state index in [9.17, 15) is 15.0 Å². The van der Waals surface area contributed by atoms with Crippen LogP contribution in [-0.4, -0.2) is 40.2 Å². The van der Waals surface area contributed by atoms with Gasteiger partial charge < -0.3 is 14.9 Å². The minimum atomic E-state index is -0.585. The lowest BCUT2D eigenvalue weighted by atomic mass is 10.1. The maximum Gasteiger partial charge on any atom is 0.167 e. The lowest BCUT2D eigenvalue weighted by Crippen LogP contribution is -2.21. The van der Waals surface area contributed by atoms with E-state index in [-0.39, 0.29) is 23.7 Å². The third kappa shape index (κ3) is 5.12. The van der Waals surface area contributed by atoms with Gasteiger partial charge in [-0.25, -0.2) is 0 Å². The van der Waals surface area contributed by atoms with E-state index in [1.807, 2.05) is 0 Å². The number of carbonyl (C=O) groups is 1. The van der Waals surface area contributed by atoms with Crippen molar-refractivity contribution in [3.63, 3.8) is 0 Å². The van der Waals surface area contributed by atoms with E-state index in [0.29, 0.717) is 11.5 Å². The summed E-state index contributed by atoms with van der Waals surface area (Å²) in [5, 5.41) is 19.4. The van der Waals surface area contributed by atoms with E-state index >= 15 is 0 Å². The number of hydrogen-bond acceptors (Lipinski definition) is 5. The topological polar surface area (TPSA) is 66.8 Å². The zero-order valence-corrected chi connectivity index (χ0v) is 12.1. The predicted molar refractivity (Wildman–Crippen MR) is 77.2 cm³/mol. The van der Waals surface area contributed by atoms with Crippen LogP contribution in [0.25, 0.3) is 0 Å². The normalized spacial score (nSPS) is 12.2. The summed E-state index contributed by atoms with van der Waals surface area (Å²) in [4.78, 5) is 11.4.